The fraction of sp³-hybridized carbons (Fsp3) is 0.375. The Morgan fingerprint density at radius 2 is 1.97 bits per heavy atom. The molecule has 0 saturated heterocycles. The maximum Gasteiger partial charge on any atom is 0.245 e. The second-order valence-electron chi connectivity index (χ2n) is 7.84. The Morgan fingerprint density at radius 3 is 2.58 bits per heavy atom. The highest BCUT2D eigenvalue weighted by Crippen LogP contribution is 2.18. The van der Waals surface area contributed by atoms with E-state index < -0.39 is 0 Å². The van der Waals surface area contributed by atoms with Crippen LogP contribution in [0.1, 0.15) is 48.3 Å². The first-order valence-corrected chi connectivity index (χ1v) is 10.4. The van der Waals surface area contributed by atoms with E-state index in [1.165, 1.54) is 0 Å². The van der Waals surface area contributed by atoms with Crippen LogP contribution in [0.4, 0.5) is 0 Å². The van der Waals surface area contributed by atoms with Gasteiger partial charge in [0.05, 0.1) is 12.3 Å². The molecule has 2 rings (SSSR count). The smallest absolute Gasteiger partial charge is 0.245 e. The number of aliphatic imine (C=N–C) groups is 1. The van der Waals surface area contributed by atoms with Crippen LogP contribution in [0.25, 0.3) is 5.70 Å². The summed E-state index contributed by atoms with van der Waals surface area (Å²) in [5.41, 5.74) is 4.97. The molecule has 31 heavy (non-hydrogen) atoms. The van der Waals surface area contributed by atoms with Crippen LogP contribution in [-0.4, -0.2) is 35.0 Å². The average Bonchev–Trinajstić information content (AvgIpc) is 2.73. The molecule has 1 heterocycles. The minimum Gasteiger partial charge on any atom is -0.395 e. The van der Waals surface area contributed by atoms with Gasteiger partial charge in [0, 0.05) is 29.9 Å². The monoisotopic (exact) mass is 424 g/mol. The average molecular weight is 425 g/mol. The topological polar surface area (TPSA) is 110 Å². The summed E-state index contributed by atoms with van der Waals surface area (Å²) in [5.74, 6) is 6.20. The lowest BCUT2D eigenvalue weighted by molar-refractivity contribution is -0.121. The van der Waals surface area contributed by atoms with Crippen molar-refractivity contribution in [1.82, 2.24) is 10.3 Å². The third-order valence-electron chi connectivity index (χ3n) is 4.58. The van der Waals surface area contributed by atoms with Crippen molar-refractivity contribution in [3.63, 3.8) is 0 Å². The van der Waals surface area contributed by atoms with E-state index in [1.54, 1.807) is 0 Å². The third kappa shape index (κ3) is 7.96. The van der Waals surface area contributed by atoms with Crippen LogP contribution in [0.2, 0.25) is 0 Å². The fourth-order valence-electron chi connectivity index (χ4n) is 3.14. The second-order valence-corrected chi connectivity index (χ2v) is 7.84. The van der Waals surface area contributed by atoms with Crippen molar-refractivity contribution < 1.29 is 14.7 Å². The minimum atomic E-state index is -0.0821. The Labute approximate surface area is 184 Å². The van der Waals surface area contributed by atoms with Gasteiger partial charge in [0.15, 0.2) is 0 Å². The van der Waals surface area contributed by atoms with E-state index in [-0.39, 0.29) is 25.0 Å². The Hall–Kier alpha value is -3.03. The second kappa shape index (κ2) is 12.0. The number of aliphatic hydroxyl groups is 1. The van der Waals surface area contributed by atoms with Gasteiger partial charge >= 0.3 is 0 Å². The normalized spacial score (nSPS) is 11.5. The number of nitrogens with one attached hydrogen (secondary N) is 1. The van der Waals surface area contributed by atoms with Gasteiger partial charge in [0.25, 0.3) is 0 Å². The number of nitrogens with two attached hydrogens (primary N) is 1. The van der Waals surface area contributed by atoms with Crippen LogP contribution in [0, 0.1) is 12.8 Å². The van der Waals surface area contributed by atoms with E-state index in [9.17, 15) is 4.79 Å². The van der Waals surface area contributed by atoms with E-state index in [4.69, 9.17) is 15.8 Å². The fourth-order valence-corrected chi connectivity index (χ4v) is 3.14. The summed E-state index contributed by atoms with van der Waals surface area (Å²) < 4.78 is 0. The molecule has 7 nitrogen and oxygen atoms in total. The largest absolute Gasteiger partial charge is 0.395 e. The molecule has 1 aromatic carbocycles. The van der Waals surface area contributed by atoms with Gasteiger partial charge in [0.2, 0.25) is 11.8 Å². The predicted octanol–water partition coefficient (Wildman–Crippen LogP) is 2.94. The summed E-state index contributed by atoms with van der Waals surface area (Å²) in [6.07, 6.45) is 1.83. The quantitative estimate of drug-likeness (QED) is 0.309. The number of pyridine rings is 1. The first-order chi connectivity index (χ1) is 14.8. The number of aliphatic hydroxyl groups excluding tert-OH is 1. The summed E-state index contributed by atoms with van der Waals surface area (Å²) in [6, 6.07) is 11.5. The number of amides is 1. The molecule has 2 aromatic rings. The molecule has 0 aliphatic carbocycles. The van der Waals surface area contributed by atoms with Gasteiger partial charge in [-0.15, -0.1) is 0 Å². The summed E-state index contributed by atoms with van der Waals surface area (Å²) in [7, 11) is 0. The Morgan fingerprint density at radius 1 is 1.26 bits per heavy atom. The number of hydrogen-bond donors (Lipinski definition) is 3. The molecule has 0 fully saturated rings. The van der Waals surface area contributed by atoms with E-state index in [2.05, 4.69) is 35.7 Å². The molecule has 4 N–H and O–H groups in total. The number of carbonyl (C=O) groups is 1. The molecule has 0 unspecified atom stereocenters. The van der Waals surface area contributed by atoms with Gasteiger partial charge in [-0.1, -0.05) is 44.7 Å². The Balaban J connectivity index is 2.11. The molecule has 1 aromatic heterocycles. The summed E-state index contributed by atoms with van der Waals surface area (Å²) in [4.78, 5) is 25.8. The summed E-state index contributed by atoms with van der Waals surface area (Å²) in [6.45, 7) is 10.5. The molecule has 166 valence electrons. The highest BCUT2D eigenvalue weighted by Gasteiger charge is 2.11. The first kappa shape index (κ1) is 24.2. The van der Waals surface area contributed by atoms with Crippen LogP contribution < -0.4 is 11.2 Å². The number of carbonyl (C=O) groups excluding carboxylic acids is 1. The maximum atomic E-state index is 11.7. The van der Waals surface area contributed by atoms with Gasteiger partial charge in [-0.25, -0.2) is 4.99 Å². The molecule has 0 spiro atoms. The Kier molecular flexibility index (Phi) is 9.37. The number of benzene rings is 1. The SMILES string of the molecule is C=C(N=C(ON)c1cc(C)nc(CC(C)C)c1)c1ccc(CCC(=O)NCCO)cc1. The predicted molar refractivity (Wildman–Crippen MR) is 123 cm³/mol. The summed E-state index contributed by atoms with van der Waals surface area (Å²) >= 11 is 0. The molecule has 1 amide bonds. The molecule has 0 atom stereocenters. The van der Waals surface area contributed by atoms with Crippen molar-refractivity contribution in [2.45, 2.75) is 40.0 Å². The van der Waals surface area contributed by atoms with Crippen LogP contribution in [0.5, 0.6) is 0 Å². The van der Waals surface area contributed by atoms with E-state index in [1.807, 2.05) is 43.3 Å². The number of aromatic nitrogens is 1. The van der Waals surface area contributed by atoms with Gasteiger partial charge in [-0.2, -0.15) is 5.90 Å². The number of nitrogens with zero attached hydrogens (tertiary/aromatic N) is 2. The highest BCUT2D eigenvalue weighted by molar-refractivity contribution is 5.97. The molecule has 0 aliphatic rings. The van der Waals surface area contributed by atoms with Crippen LogP contribution >= 0.6 is 0 Å². The van der Waals surface area contributed by atoms with Crippen molar-refractivity contribution in [3.05, 3.63) is 71.1 Å². The van der Waals surface area contributed by atoms with Gasteiger partial charge in [-0.05, 0) is 48.9 Å². The van der Waals surface area contributed by atoms with E-state index in [0.717, 1.165) is 34.5 Å². The lowest BCUT2D eigenvalue weighted by atomic mass is 10.0. The maximum absolute atomic E-state index is 11.7. The van der Waals surface area contributed by atoms with E-state index >= 15 is 0 Å². The standard InChI is InChI=1S/C24H32N4O3/c1-16(2)13-22-15-21(14-17(3)27-22)24(31-25)28-18(4)20-8-5-19(6-9-20)7-10-23(30)26-11-12-29/h5-6,8-9,14-16,29H,4,7,10-13,25H2,1-3H3,(H,26,30). The molecule has 0 radical (unpaired) electrons. The van der Waals surface area contributed by atoms with Crippen molar-refractivity contribution in [1.29, 1.82) is 0 Å². The van der Waals surface area contributed by atoms with Crippen LogP contribution in [0.3, 0.4) is 0 Å². The van der Waals surface area contributed by atoms with Crippen molar-refractivity contribution in [3.8, 4) is 0 Å². The molecular formula is C24H32N4O3. The van der Waals surface area contributed by atoms with Gasteiger partial charge in [-0.3, -0.25) is 9.78 Å². The molecule has 0 bridgehead atoms. The molecule has 7 heteroatoms. The van der Waals surface area contributed by atoms with Crippen molar-refractivity contribution in [2.75, 3.05) is 13.2 Å². The molecular weight excluding hydrogens is 392 g/mol. The minimum absolute atomic E-state index is 0.0599. The van der Waals surface area contributed by atoms with Crippen LogP contribution in [0.15, 0.2) is 48.0 Å². The highest BCUT2D eigenvalue weighted by atomic mass is 16.6. The summed E-state index contributed by atoms with van der Waals surface area (Å²) in [5, 5.41) is 11.4. The van der Waals surface area contributed by atoms with E-state index in [0.29, 0.717) is 24.5 Å². The molecule has 0 saturated carbocycles. The van der Waals surface area contributed by atoms with Crippen molar-refractivity contribution in [2.24, 2.45) is 16.8 Å². The Bertz CT molecular complexity index is 921. The lowest BCUT2D eigenvalue weighted by Gasteiger charge is -2.11. The van der Waals surface area contributed by atoms with Gasteiger partial charge in [0.1, 0.15) is 0 Å². The van der Waals surface area contributed by atoms with Gasteiger partial charge < -0.3 is 15.3 Å². The van der Waals surface area contributed by atoms with Crippen LogP contribution in [-0.2, 0) is 22.5 Å². The molecule has 0 aliphatic heterocycles. The zero-order valence-electron chi connectivity index (χ0n) is 18.5. The zero-order chi connectivity index (χ0) is 22.8. The number of aryl methyl sites for hydroxylation is 2. The first-order valence-electron chi connectivity index (χ1n) is 10.4. The number of rotatable bonds is 10. The third-order valence-corrected chi connectivity index (χ3v) is 4.58. The van der Waals surface area contributed by atoms with Crippen molar-refractivity contribution >= 4 is 17.5 Å². The zero-order valence-corrected chi connectivity index (χ0v) is 18.5. The number of hydrogen-bond acceptors (Lipinski definition) is 6. The lowest BCUT2D eigenvalue weighted by Crippen LogP contribution is -2.26.